The minimum atomic E-state index is -0.748. The summed E-state index contributed by atoms with van der Waals surface area (Å²) in [6.07, 6.45) is 1.53. The van der Waals surface area contributed by atoms with Gasteiger partial charge in [-0.1, -0.05) is 0 Å². The Kier molecular flexibility index (Phi) is 4.94. The van der Waals surface area contributed by atoms with Gasteiger partial charge in [0.25, 0.3) is 5.91 Å². The Hall–Kier alpha value is -2.16. The van der Waals surface area contributed by atoms with E-state index in [-0.39, 0.29) is 36.5 Å². The topological polar surface area (TPSA) is 108 Å². The van der Waals surface area contributed by atoms with Crippen molar-refractivity contribution >= 4 is 23.7 Å². The lowest BCUT2D eigenvalue weighted by Crippen LogP contribution is -2.64. The molecule has 3 heterocycles. The number of esters is 1. The summed E-state index contributed by atoms with van der Waals surface area (Å²) in [4.78, 5) is 49.4. The van der Waals surface area contributed by atoms with Crippen LogP contribution in [0.25, 0.3) is 0 Å². The van der Waals surface area contributed by atoms with E-state index in [9.17, 15) is 19.2 Å². The molecule has 3 aliphatic rings. The summed E-state index contributed by atoms with van der Waals surface area (Å²) in [5.74, 6) is -1.10. The second-order valence-electron chi connectivity index (χ2n) is 6.75. The molecule has 0 aromatic carbocycles. The van der Waals surface area contributed by atoms with Crippen molar-refractivity contribution in [1.82, 2.24) is 20.7 Å². The van der Waals surface area contributed by atoms with Crippen molar-refractivity contribution in [2.45, 2.75) is 63.3 Å². The summed E-state index contributed by atoms with van der Waals surface area (Å²) in [6, 6.07) is -1.65. The van der Waals surface area contributed by atoms with E-state index in [1.807, 2.05) is 0 Å². The minimum absolute atomic E-state index is 0.120. The van der Waals surface area contributed by atoms with Crippen LogP contribution in [-0.2, 0) is 23.9 Å². The number of carbonyl (C=O) groups is 4. The van der Waals surface area contributed by atoms with Crippen LogP contribution >= 0.6 is 0 Å². The molecule has 3 aliphatic heterocycles. The third-order valence-electron chi connectivity index (χ3n) is 5.11. The summed E-state index contributed by atoms with van der Waals surface area (Å²) in [5.41, 5.74) is 0. The molecule has 25 heavy (non-hydrogen) atoms. The Balaban J connectivity index is 1.79. The van der Waals surface area contributed by atoms with Crippen LogP contribution < -0.4 is 10.6 Å². The van der Waals surface area contributed by atoms with Crippen LogP contribution in [0.1, 0.15) is 39.0 Å². The highest BCUT2D eigenvalue weighted by Crippen LogP contribution is 2.25. The van der Waals surface area contributed by atoms with Gasteiger partial charge in [-0.3, -0.25) is 24.2 Å². The van der Waals surface area contributed by atoms with E-state index in [1.165, 1.54) is 10.0 Å². The molecule has 138 valence electrons. The fourth-order valence-corrected chi connectivity index (χ4v) is 3.67. The van der Waals surface area contributed by atoms with E-state index in [2.05, 4.69) is 10.6 Å². The van der Waals surface area contributed by atoms with Gasteiger partial charge in [-0.05, 0) is 33.2 Å². The molecule has 0 aliphatic carbocycles. The number of hydrazine groups is 1. The van der Waals surface area contributed by atoms with Crippen molar-refractivity contribution in [3.05, 3.63) is 0 Å². The van der Waals surface area contributed by atoms with Crippen molar-refractivity contribution in [3.63, 3.8) is 0 Å². The van der Waals surface area contributed by atoms with Gasteiger partial charge in [-0.15, -0.1) is 0 Å². The quantitative estimate of drug-likeness (QED) is 0.626. The van der Waals surface area contributed by atoms with Gasteiger partial charge in [0, 0.05) is 13.0 Å². The Bertz CT molecular complexity index is 595. The van der Waals surface area contributed by atoms with E-state index in [4.69, 9.17) is 4.74 Å². The van der Waals surface area contributed by atoms with Crippen molar-refractivity contribution in [3.8, 4) is 0 Å². The van der Waals surface area contributed by atoms with Crippen molar-refractivity contribution < 1.29 is 23.9 Å². The summed E-state index contributed by atoms with van der Waals surface area (Å²) < 4.78 is 5.05. The molecule has 4 unspecified atom stereocenters. The van der Waals surface area contributed by atoms with Crippen LogP contribution in [0.3, 0.4) is 0 Å². The van der Waals surface area contributed by atoms with Gasteiger partial charge < -0.3 is 15.4 Å². The zero-order chi connectivity index (χ0) is 18.1. The van der Waals surface area contributed by atoms with Gasteiger partial charge in [0.1, 0.15) is 12.1 Å². The van der Waals surface area contributed by atoms with Crippen LogP contribution in [0.5, 0.6) is 0 Å². The number of amides is 3. The number of nitrogens with zero attached hydrogens (tertiary/aromatic N) is 2. The lowest BCUT2D eigenvalue weighted by Gasteiger charge is -2.43. The number of rotatable bonds is 3. The molecule has 3 rings (SSSR count). The largest absolute Gasteiger partial charge is 0.460 e. The summed E-state index contributed by atoms with van der Waals surface area (Å²) in [5, 5.41) is 8.47. The smallest absolute Gasteiger partial charge is 0.308 e. The number of hydrogen-bond donors (Lipinski definition) is 2. The fraction of sp³-hybridized carbons (Fsp3) is 0.750. The standard InChI is InChI=1S/C16H24N4O5/c1-9-11(8-14(22)25-9)18-15(23)12-4-3-7-19-13(21)6-5-10(17-2)16(24)20(12)19/h9-12,17H,3-8H2,1-2H3,(H,18,23). The molecular weight excluding hydrogens is 328 g/mol. The predicted octanol–water partition coefficient (Wildman–Crippen LogP) is -1.08. The lowest BCUT2D eigenvalue weighted by atomic mass is 10.0. The van der Waals surface area contributed by atoms with Crippen LogP contribution in [-0.4, -0.2) is 71.5 Å². The van der Waals surface area contributed by atoms with Crippen LogP contribution in [0.2, 0.25) is 0 Å². The Morgan fingerprint density at radius 3 is 2.64 bits per heavy atom. The highest BCUT2D eigenvalue weighted by atomic mass is 16.6. The third kappa shape index (κ3) is 3.33. The molecule has 9 heteroatoms. The molecule has 3 saturated heterocycles. The van der Waals surface area contributed by atoms with Gasteiger partial charge >= 0.3 is 5.97 Å². The summed E-state index contributed by atoms with van der Waals surface area (Å²) in [7, 11) is 1.67. The predicted molar refractivity (Wildman–Crippen MR) is 85.8 cm³/mol. The SMILES string of the molecule is CNC1CCC(=O)N2CCCC(C(=O)NC3CC(=O)OC3C)N2C1=O. The van der Waals surface area contributed by atoms with Gasteiger partial charge in [0.2, 0.25) is 11.8 Å². The maximum Gasteiger partial charge on any atom is 0.308 e. The second-order valence-corrected chi connectivity index (χ2v) is 6.75. The molecular formula is C16H24N4O5. The highest BCUT2D eigenvalue weighted by molar-refractivity contribution is 5.93. The van der Waals surface area contributed by atoms with Gasteiger partial charge in [0.05, 0.1) is 18.5 Å². The van der Waals surface area contributed by atoms with Crippen LogP contribution in [0.4, 0.5) is 0 Å². The summed E-state index contributed by atoms with van der Waals surface area (Å²) >= 11 is 0. The number of likely N-dealkylation sites (N-methyl/N-ethyl adjacent to an activating group) is 1. The molecule has 4 atom stereocenters. The van der Waals surface area contributed by atoms with Crippen molar-refractivity contribution in [2.24, 2.45) is 0 Å². The molecule has 3 fully saturated rings. The van der Waals surface area contributed by atoms with E-state index >= 15 is 0 Å². The van der Waals surface area contributed by atoms with Gasteiger partial charge in [0.15, 0.2) is 0 Å². The first-order valence-corrected chi connectivity index (χ1v) is 8.73. The molecule has 0 spiro atoms. The molecule has 0 aromatic rings. The molecule has 9 nitrogen and oxygen atoms in total. The zero-order valence-corrected chi connectivity index (χ0v) is 14.5. The normalized spacial score (nSPS) is 33.0. The molecule has 3 amide bonds. The fourth-order valence-electron chi connectivity index (χ4n) is 3.67. The molecule has 0 saturated carbocycles. The Morgan fingerprint density at radius 1 is 1.24 bits per heavy atom. The number of carbonyl (C=O) groups excluding carboxylic acids is 4. The van der Waals surface area contributed by atoms with E-state index < -0.39 is 24.2 Å². The number of cyclic esters (lactones) is 1. The number of ether oxygens (including phenoxy) is 1. The van der Waals surface area contributed by atoms with Crippen LogP contribution in [0.15, 0.2) is 0 Å². The first-order chi connectivity index (χ1) is 11.9. The Morgan fingerprint density at radius 2 is 2.00 bits per heavy atom. The number of nitrogens with one attached hydrogen (secondary N) is 2. The number of fused-ring (bicyclic) bond motifs is 1. The van der Waals surface area contributed by atoms with Crippen molar-refractivity contribution in [2.75, 3.05) is 13.6 Å². The maximum atomic E-state index is 12.8. The van der Waals surface area contributed by atoms with Gasteiger partial charge in [-0.2, -0.15) is 0 Å². The molecule has 0 radical (unpaired) electrons. The van der Waals surface area contributed by atoms with Crippen LogP contribution in [0, 0.1) is 0 Å². The third-order valence-corrected chi connectivity index (χ3v) is 5.11. The maximum absolute atomic E-state index is 12.8. The Labute approximate surface area is 146 Å². The average Bonchev–Trinajstić information content (AvgIpc) is 2.84. The molecule has 0 aromatic heterocycles. The van der Waals surface area contributed by atoms with Crippen molar-refractivity contribution in [1.29, 1.82) is 0 Å². The number of hydrogen-bond acceptors (Lipinski definition) is 6. The summed E-state index contributed by atoms with van der Waals surface area (Å²) in [6.45, 7) is 2.16. The molecule has 0 bridgehead atoms. The monoisotopic (exact) mass is 352 g/mol. The van der Waals surface area contributed by atoms with E-state index in [0.717, 1.165) is 0 Å². The first-order valence-electron chi connectivity index (χ1n) is 8.73. The minimum Gasteiger partial charge on any atom is -0.460 e. The van der Waals surface area contributed by atoms with E-state index in [1.54, 1.807) is 14.0 Å². The molecule has 2 N–H and O–H groups in total. The average molecular weight is 352 g/mol. The highest BCUT2D eigenvalue weighted by Gasteiger charge is 2.45. The van der Waals surface area contributed by atoms with E-state index in [0.29, 0.717) is 25.8 Å². The first kappa shape index (κ1) is 17.7. The lowest BCUT2D eigenvalue weighted by molar-refractivity contribution is -0.176. The second kappa shape index (κ2) is 6.99. The zero-order valence-electron chi connectivity index (χ0n) is 14.5. The van der Waals surface area contributed by atoms with Gasteiger partial charge in [-0.25, -0.2) is 5.01 Å².